The standard InChI is InChI=1S/C13H13F3N2O3/c14-13(15,16)9-2-1-3-10-8(9)5-7-18(10)12(21)17-6-4-11(19)20/h1-3H,4-7H2,(H,17,21)(H,19,20). The van der Waals surface area contributed by atoms with E-state index in [4.69, 9.17) is 5.11 Å². The van der Waals surface area contributed by atoms with Gasteiger partial charge in [-0.3, -0.25) is 9.69 Å². The molecule has 114 valence electrons. The number of carboxylic acids is 1. The first-order chi connectivity index (χ1) is 9.80. The summed E-state index contributed by atoms with van der Waals surface area (Å²) >= 11 is 0. The van der Waals surface area contributed by atoms with E-state index in [0.717, 1.165) is 6.07 Å². The van der Waals surface area contributed by atoms with Gasteiger partial charge in [-0.1, -0.05) is 6.07 Å². The molecule has 1 aromatic carbocycles. The number of hydrogen-bond donors (Lipinski definition) is 2. The third kappa shape index (κ3) is 3.26. The van der Waals surface area contributed by atoms with Crippen molar-refractivity contribution in [1.29, 1.82) is 0 Å². The quantitative estimate of drug-likeness (QED) is 0.899. The lowest BCUT2D eigenvalue weighted by atomic mass is 10.0. The fraction of sp³-hybridized carbons (Fsp3) is 0.385. The summed E-state index contributed by atoms with van der Waals surface area (Å²) in [5, 5.41) is 10.9. The van der Waals surface area contributed by atoms with Crippen LogP contribution in [0.25, 0.3) is 0 Å². The molecule has 0 bridgehead atoms. The molecule has 1 aromatic rings. The number of alkyl halides is 3. The minimum absolute atomic E-state index is 0.0705. The Kier molecular flexibility index (Phi) is 4.06. The number of rotatable bonds is 3. The summed E-state index contributed by atoms with van der Waals surface area (Å²) in [5.74, 6) is -1.06. The van der Waals surface area contributed by atoms with E-state index in [0.29, 0.717) is 0 Å². The highest BCUT2D eigenvalue weighted by Gasteiger charge is 2.37. The van der Waals surface area contributed by atoms with Crippen LogP contribution in [-0.4, -0.2) is 30.2 Å². The third-order valence-electron chi connectivity index (χ3n) is 3.19. The number of carbonyl (C=O) groups excluding carboxylic acids is 1. The molecule has 2 N–H and O–H groups in total. The SMILES string of the molecule is O=C(O)CCNC(=O)N1CCc2c1cccc2C(F)(F)F. The Bertz CT molecular complexity index is 572. The molecule has 0 fully saturated rings. The maximum atomic E-state index is 12.9. The molecule has 1 aliphatic heterocycles. The normalized spacial score (nSPS) is 14.0. The molecule has 0 radical (unpaired) electrons. The summed E-state index contributed by atoms with van der Waals surface area (Å²) in [6, 6.07) is 3.11. The van der Waals surface area contributed by atoms with E-state index in [2.05, 4.69) is 5.32 Å². The van der Waals surface area contributed by atoms with E-state index in [-0.39, 0.29) is 37.2 Å². The summed E-state index contributed by atoms with van der Waals surface area (Å²) in [6.45, 7) is 0.0697. The molecular formula is C13H13F3N2O3. The van der Waals surface area contributed by atoms with Gasteiger partial charge in [-0.25, -0.2) is 4.79 Å². The molecule has 0 aliphatic carbocycles. The zero-order valence-corrected chi connectivity index (χ0v) is 10.9. The number of carboxylic acid groups (broad SMARTS) is 1. The van der Waals surface area contributed by atoms with Gasteiger partial charge >= 0.3 is 18.2 Å². The van der Waals surface area contributed by atoms with Crippen LogP contribution in [0.15, 0.2) is 18.2 Å². The second-order valence-corrected chi connectivity index (χ2v) is 4.58. The van der Waals surface area contributed by atoms with Gasteiger partial charge in [0.2, 0.25) is 0 Å². The molecular weight excluding hydrogens is 289 g/mol. The lowest BCUT2D eigenvalue weighted by molar-refractivity contribution is -0.138. The van der Waals surface area contributed by atoms with E-state index >= 15 is 0 Å². The van der Waals surface area contributed by atoms with Crippen LogP contribution in [0.4, 0.5) is 23.7 Å². The molecule has 0 aromatic heterocycles. The third-order valence-corrected chi connectivity index (χ3v) is 3.19. The molecule has 0 atom stereocenters. The van der Waals surface area contributed by atoms with Crippen LogP contribution in [0.1, 0.15) is 17.5 Å². The van der Waals surface area contributed by atoms with Gasteiger partial charge in [0.25, 0.3) is 0 Å². The van der Waals surface area contributed by atoms with Crippen LogP contribution in [-0.2, 0) is 17.4 Å². The number of fused-ring (bicyclic) bond motifs is 1. The lowest BCUT2D eigenvalue weighted by Crippen LogP contribution is -2.39. The molecule has 2 amide bonds. The number of amides is 2. The first-order valence-corrected chi connectivity index (χ1v) is 6.27. The molecule has 0 spiro atoms. The fourth-order valence-electron chi connectivity index (χ4n) is 2.28. The average molecular weight is 302 g/mol. The Morgan fingerprint density at radius 1 is 1.33 bits per heavy atom. The van der Waals surface area contributed by atoms with Gasteiger partial charge < -0.3 is 10.4 Å². The van der Waals surface area contributed by atoms with Crippen molar-refractivity contribution >= 4 is 17.7 Å². The van der Waals surface area contributed by atoms with E-state index < -0.39 is 23.7 Å². The summed E-state index contributed by atoms with van der Waals surface area (Å²) in [7, 11) is 0. The van der Waals surface area contributed by atoms with Crippen LogP contribution < -0.4 is 10.2 Å². The summed E-state index contributed by atoms with van der Waals surface area (Å²) in [5.41, 5.74) is -0.420. The maximum Gasteiger partial charge on any atom is 0.416 e. The number of hydrogen-bond acceptors (Lipinski definition) is 2. The number of carbonyl (C=O) groups is 2. The molecule has 8 heteroatoms. The fourth-order valence-corrected chi connectivity index (χ4v) is 2.28. The lowest BCUT2D eigenvalue weighted by Gasteiger charge is -2.18. The van der Waals surface area contributed by atoms with Crippen LogP contribution in [0.3, 0.4) is 0 Å². The monoisotopic (exact) mass is 302 g/mol. The molecule has 1 aliphatic rings. The van der Waals surface area contributed by atoms with E-state index in [1.54, 1.807) is 0 Å². The zero-order valence-electron chi connectivity index (χ0n) is 10.9. The highest BCUT2D eigenvalue weighted by molar-refractivity contribution is 5.94. The van der Waals surface area contributed by atoms with Crippen LogP contribution >= 0.6 is 0 Å². The van der Waals surface area contributed by atoms with Gasteiger partial charge in [0.1, 0.15) is 0 Å². The number of nitrogens with one attached hydrogen (secondary N) is 1. The molecule has 21 heavy (non-hydrogen) atoms. The van der Waals surface area contributed by atoms with Crippen molar-refractivity contribution < 1.29 is 27.9 Å². The second kappa shape index (κ2) is 5.63. The van der Waals surface area contributed by atoms with Gasteiger partial charge in [-0.15, -0.1) is 0 Å². The van der Waals surface area contributed by atoms with Crippen molar-refractivity contribution in [1.82, 2.24) is 5.32 Å². The van der Waals surface area contributed by atoms with Crippen LogP contribution in [0.5, 0.6) is 0 Å². The summed E-state index contributed by atoms with van der Waals surface area (Å²) < 4.78 is 38.6. The Hall–Kier alpha value is -2.25. The Balaban J connectivity index is 2.15. The molecule has 0 saturated carbocycles. The van der Waals surface area contributed by atoms with Crippen molar-refractivity contribution in [3.05, 3.63) is 29.3 Å². The van der Waals surface area contributed by atoms with Gasteiger partial charge in [-0.2, -0.15) is 13.2 Å². The second-order valence-electron chi connectivity index (χ2n) is 4.58. The Morgan fingerprint density at radius 2 is 2.05 bits per heavy atom. The first kappa shape index (κ1) is 15.1. The van der Waals surface area contributed by atoms with Crippen molar-refractivity contribution in [2.75, 3.05) is 18.0 Å². The minimum Gasteiger partial charge on any atom is -0.481 e. The summed E-state index contributed by atoms with van der Waals surface area (Å²) in [6.07, 6.45) is -4.58. The molecule has 2 rings (SSSR count). The number of aliphatic carboxylic acids is 1. The number of nitrogens with zero attached hydrogens (tertiary/aromatic N) is 1. The Labute approximate surface area is 118 Å². The highest BCUT2D eigenvalue weighted by Crippen LogP contribution is 2.39. The highest BCUT2D eigenvalue weighted by atomic mass is 19.4. The van der Waals surface area contributed by atoms with Gasteiger partial charge in [0, 0.05) is 18.8 Å². The minimum atomic E-state index is -4.46. The molecule has 5 nitrogen and oxygen atoms in total. The number of benzene rings is 1. The molecule has 0 unspecified atom stereocenters. The average Bonchev–Trinajstić information content (AvgIpc) is 2.80. The predicted octanol–water partition coefficient (Wildman–Crippen LogP) is 2.25. The largest absolute Gasteiger partial charge is 0.481 e. The van der Waals surface area contributed by atoms with E-state index in [9.17, 15) is 22.8 Å². The number of halogens is 3. The zero-order chi connectivity index (χ0) is 15.6. The number of anilines is 1. The van der Waals surface area contributed by atoms with Crippen molar-refractivity contribution in [3.8, 4) is 0 Å². The smallest absolute Gasteiger partial charge is 0.416 e. The van der Waals surface area contributed by atoms with Crippen molar-refractivity contribution in [3.63, 3.8) is 0 Å². The van der Waals surface area contributed by atoms with Crippen molar-refractivity contribution in [2.24, 2.45) is 0 Å². The van der Waals surface area contributed by atoms with E-state index in [1.165, 1.54) is 17.0 Å². The van der Waals surface area contributed by atoms with Crippen LogP contribution in [0, 0.1) is 0 Å². The molecule has 0 saturated heterocycles. The van der Waals surface area contributed by atoms with Crippen LogP contribution in [0.2, 0.25) is 0 Å². The van der Waals surface area contributed by atoms with Gasteiger partial charge in [0.05, 0.1) is 12.0 Å². The molecule has 1 heterocycles. The Morgan fingerprint density at radius 3 is 2.67 bits per heavy atom. The van der Waals surface area contributed by atoms with Gasteiger partial charge in [0.15, 0.2) is 0 Å². The van der Waals surface area contributed by atoms with E-state index in [1.807, 2.05) is 0 Å². The number of urea groups is 1. The maximum absolute atomic E-state index is 12.9. The topological polar surface area (TPSA) is 69.6 Å². The van der Waals surface area contributed by atoms with Gasteiger partial charge in [-0.05, 0) is 24.1 Å². The summed E-state index contributed by atoms with van der Waals surface area (Å²) in [4.78, 5) is 23.5. The first-order valence-electron chi connectivity index (χ1n) is 6.27. The predicted molar refractivity (Wildman–Crippen MR) is 68.1 cm³/mol. The van der Waals surface area contributed by atoms with Crippen molar-refractivity contribution in [2.45, 2.75) is 19.0 Å².